The van der Waals surface area contributed by atoms with Crippen LogP contribution in [-0.4, -0.2) is 47.8 Å². The Bertz CT molecular complexity index is 617. The number of hydrogen-bond acceptors (Lipinski definition) is 3. The van der Waals surface area contributed by atoms with Gasteiger partial charge < -0.3 is 9.91 Å². The van der Waals surface area contributed by atoms with E-state index in [1.807, 2.05) is 17.7 Å². The SMILES string of the molecule is CC(Cl)c1nc2c(F)cccc2n1N1CCN(C)CC1. The summed E-state index contributed by atoms with van der Waals surface area (Å²) in [7, 11) is 2.11. The van der Waals surface area contributed by atoms with Crippen molar-refractivity contribution in [1.82, 2.24) is 14.6 Å². The maximum absolute atomic E-state index is 13.9. The van der Waals surface area contributed by atoms with E-state index in [4.69, 9.17) is 11.6 Å². The molecule has 6 heteroatoms. The van der Waals surface area contributed by atoms with E-state index in [2.05, 4.69) is 21.9 Å². The highest BCUT2D eigenvalue weighted by Gasteiger charge is 2.23. The van der Waals surface area contributed by atoms with Gasteiger partial charge in [-0.25, -0.2) is 14.1 Å². The van der Waals surface area contributed by atoms with E-state index >= 15 is 0 Å². The average Bonchev–Trinajstić information content (AvgIpc) is 2.81. The topological polar surface area (TPSA) is 24.3 Å². The Morgan fingerprint density at radius 1 is 1.25 bits per heavy atom. The highest BCUT2D eigenvalue weighted by atomic mass is 35.5. The van der Waals surface area contributed by atoms with Crippen molar-refractivity contribution in [2.75, 3.05) is 38.2 Å². The van der Waals surface area contributed by atoms with Gasteiger partial charge in [-0.15, -0.1) is 11.6 Å². The van der Waals surface area contributed by atoms with Gasteiger partial charge in [0.15, 0.2) is 5.82 Å². The Kier molecular flexibility index (Phi) is 3.56. The van der Waals surface area contributed by atoms with Crippen LogP contribution >= 0.6 is 11.6 Å². The Morgan fingerprint density at radius 2 is 1.95 bits per heavy atom. The second-order valence-corrected chi connectivity index (χ2v) is 5.92. The summed E-state index contributed by atoms with van der Waals surface area (Å²) in [6.07, 6.45) is 0. The van der Waals surface area contributed by atoms with Crippen LogP contribution in [0.4, 0.5) is 4.39 Å². The lowest BCUT2D eigenvalue weighted by molar-refractivity contribution is 0.287. The number of benzene rings is 1. The minimum Gasteiger partial charge on any atom is -0.308 e. The highest BCUT2D eigenvalue weighted by Crippen LogP contribution is 2.26. The molecule has 1 atom stereocenters. The summed E-state index contributed by atoms with van der Waals surface area (Å²) in [5, 5.41) is 1.93. The van der Waals surface area contributed by atoms with Gasteiger partial charge in [0.05, 0.1) is 10.9 Å². The second kappa shape index (κ2) is 5.22. The van der Waals surface area contributed by atoms with Gasteiger partial charge in [0, 0.05) is 26.2 Å². The number of halogens is 2. The van der Waals surface area contributed by atoms with Gasteiger partial charge in [-0.05, 0) is 26.1 Å². The van der Waals surface area contributed by atoms with Crippen molar-refractivity contribution >= 4 is 22.6 Å². The van der Waals surface area contributed by atoms with Crippen molar-refractivity contribution in [3.63, 3.8) is 0 Å². The molecule has 20 heavy (non-hydrogen) atoms. The first kappa shape index (κ1) is 13.6. The summed E-state index contributed by atoms with van der Waals surface area (Å²) in [6.45, 7) is 5.59. The summed E-state index contributed by atoms with van der Waals surface area (Å²) in [4.78, 5) is 6.68. The summed E-state index contributed by atoms with van der Waals surface area (Å²) < 4.78 is 15.9. The normalized spacial score (nSPS) is 18.7. The quantitative estimate of drug-likeness (QED) is 0.795. The summed E-state index contributed by atoms with van der Waals surface area (Å²) in [6, 6.07) is 5.05. The second-order valence-electron chi connectivity index (χ2n) is 5.26. The molecule has 1 aliphatic rings. The number of likely N-dealkylation sites (N-methyl/N-ethyl adjacent to an activating group) is 1. The van der Waals surface area contributed by atoms with E-state index in [0.717, 1.165) is 31.7 Å². The lowest BCUT2D eigenvalue weighted by Crippen LogP contribution is -2.50. The molecule has 108 valence electrons. The van der Waals surface area contributed by atoms with Crippen LogP contribution in [0.2, 0.25) is 0 Å². The van der Waals surface area contributed by atoms with Crippen molar-refractivity contribution < 1.29 is 4.39 Å². The largest absolute Gasteiger partial charge is 0.308 e. The van der Waals surface area contributed by atoms with E-state index in [0.29, 0.717) is 11.3 Å². The molecule has 1 aromatic heterocycles. The molecule has 0 amide bonds. The molecule has 2 heterocycles. The van der Waals surface area contributed by atoms with Gasteiger partial charge in [0.25, 0.3) is 0 Å². The number of rotatable bonds is 2. The molecule has 2 aromatic rings. The lowest BCUT2D eigenvalue weighted by Gasteiger charge is -2.35. The van der Waals surface area contributed by atoms with Crippen molar-refractivity contribution in [3.05, 3.63) is 29.8 Å². The first-order valence-electron chi connectivity index (χ1n) is 6.82. The fourth-order valence-corrected chi connectivity index (χ4v) is 2.76. The average molecular weight is 297 g/mol. The zero-order chi connectivity index (χ0) is 14.3. The van der Waals surface area contributed by atoms with Crippen molar-refractivity contribution in [3.8, 4) is 0 Å². The molecule has 1 saturated heterocycles. The molecule has 1 aromatic carbocycles. The number of nitrogens with zero attached hydrogens (tertiary/aromatic N) is 4. The molecule has 4 nitrogen and oxygen atoms in total. The number of aromatic nitrogens is 2. The van der Waals surface area contributed by atoms with Crippen LogP contribution in [-0.2, 0) is 0 Å². The van der Waals surface area contributed by atoms with E-state index in [9.17, 15) is 4.39 Å². The minimum absolute atomic E-state index is 0.263. The van der Waals surface area contributed by atoms with Gasteiger partial charge in [0.1, 0.15) is 11.3 Å². The molecule has 1 unspecified atom stereocenters. The molecule has 0 radical (unpaired) electrons. The maximum atomic E-state index is 13.9. The number of fused-ring (bicyclic) bond motifs is 1. The van der Waals surface area contributed by atoms with Crippen LogP contribution in [0, 0.1) is 5.82 Å². The minimum atomic E-state index is -0.297. The molecule has 0 bridgehead atoms. The van der Waals surface area contributed by atoms with Crippen molar-refractivity contribution in [2.45, 2.75) is 12.3 Å². The van der Waals surface area contributed by atoms with Crippen LogP contribution in [0.25, 0.3) is 11.0 Å². The predicted octanol–water partition coefficient (Wildman–Crippen LogP) is 2.36. The van der Waals surface area contributed by atoms with Gasteiger partial charge in [-0.2, -0.15) is 0 Å². The third kappa shape index (κ3) is 2.25. The monoisotopic (exact) mass is 296 g/mol. The molecule has 1 aliphatic heterocycles. The first-order valence-corrected chi connectivity index (χ1v) is 7.26. The molecule has 3 rings (SSSR count). The predicted molar refractivity (Wildman–Crippen MR) is 79.4 cm³/mol. The lowest BCUT2D eigenvalue weighted by atomic mass is 10.3. The Labute approximate surface area is 122 Å². The van der Waals surface area contributed by atoms with Crippen molar-refractivity contribution in [1.29, 1.82) is 0 Å². The Balaban J connectivity index is 2.12. The van der Waals surface area contributed by atoms with E-state index < -0.39 is 0 Å². The summed E-state index contributed by atoms with van der Waals surface area (Å²) >= 11 is 6.24. The zero-order valence-electron chi connectivity index (χ0n) is 11.7. The van der Waals surface area contributed by atoms with Gasteiger partial charge in [-0.1, -0.05) is 6.07 Å². The number of imidazole rings is 1. The summed E-state index contributed by atoms with van der Waals surface area (Å²) in [5.41, 5.74) is 1.19. The van der Waals surface area contributed by atoms with Crippen molar-refractivity contribution in [2.24, 2.45) is 0 Å². The van der Waals surface area contributed by atoms with Gasteiger partial charge >= 0.3 is 0 Å². The third-order valence-corrected chi connectivity index (χ3v) is 3.95. The molecule has 0 aliphatic carbocycles. The molecular formula is C14H18ClFN4. The van der Waals surface area contributed by atoms with Crippen LogP contribution < -0.4 is 5.01 Å². The number of para-hydroxylation sites is 1. The van der Waals surface area contributed by atoms with Crippen LogP contribution in [0.15, 0.2) is 18.2 Å². The molecular weight excluding hydrogens is 279 g/mol. The summed E-state index contributed by atoms with van der Waals surface area (Å²) in [5.74, 6) is 0.408. The fourth-order valence-electron chi connectivity index (χ4n) is 2.62. The van der Waals surface area contributed by atoms with Gasteiger partial charge in [0.2, 0.25) is 0 Å². The van der Waals surface area contributed by atoms with E-state index in [1.165, 1.54) is 6.07 Å². The Hall–Kier alpha value is -1.33. The highest BCUT2D eigenvalue weighted by molar-refractivity contribution is 6.20. The molecule has 1 fully saturated rings. The maximum Gasteiger partial charge on any atom is 0.151 e. The number of piperazine rings is 1. The number of alkyl halides is 1. The zero-order valence-corrected chi connectivity index (χ0v) is 12.4. The first-order chi connectivity index (χ1) is 9.58. The smallest absolute Gasteiger partial charge is 0.151 e. The third-order valence-electron chi connectivity index (χ3n) is 3.76. The fraction of sp³-hybridized carbons (Fsp3) is 0.500. The molecule has 0 spiro atoms. The van der Waals surface area contributed by atoms with E-state index in [-0.39, 0.29) is 11.2 Å². The Morgan fingerprint density at radius 3 is 2.60 bits per heavy atom. The standard InChI is InChI=1S/C14H18ClFN4/c1-10(15)14-17-13-11(16)4-3-5-12(13)20(14)19-8-6-18(2)7-9-19/h3-5,10H,6-9H2,1-2H3. The number of hydrogen-bond donors (Lipinski definition) is 0. The van der Waals surface area contributed by atoms with Crippen LogP contribution in [0.3, 0.4) is 0 Å². The van der Waals surface area contributed by atoms with E-state index in [1.54, 1.807) is 6.07 Å². The van der Waals surface area contributed by atoms with Crippen LogP contribution in [0.5, 0.6) is 0 Å². The molecule has 0 N–H and O–H groups in total. The molecule has 0 saturated carbocycles. The van der Waals surface area contributed by atoms with Gasteiger partial charge in [-0.3, -0.25) is 0 Å². The van der Waals surface area contributed by atoms with Crippen LogP contribution in [0.1, 0.15) is 18.1 Å².